The molecule has 2 N–H and O–H groups in total. The van der Waals surface area contributed by atoms with Crippen LogP contribution < -0.4 is 15.0 Å². The van der Waals surface area contributed by atoms with Crippen LogP contribution in [0.25, 0.3) is 11.4 Å². The molecule has 1 aliphatic heterocycles. The minimum absolute atomic E-state index is 0.0946. The summed E-state index contributed by atoms with van der Waals surface area (Å²) in [6, 6.07) is 7.80. The van der Waals surface area contributed by atoms with Crippen molar-refractivity contribution in [3.8, 4) is 23.3 Å². The van der Waals surface area contributed by atoms with Crippen molar-refractivity contribution in [2.45, 2.75) is 45.6 Å². The van der Waals surface area contributed by atoms with Gasteiger partial charge in [0.25, 0.3) is 0 Å². The van der Waals surface area contributed by atoms with Gasteiger partial charge in [-0.05, 0) is 39.5 Å². The first kappa shape index (κ1) is 22.9. The molecule has 0 radical (unpaired) electrons. The van der Waals surface area contributed by atoms with Crippen molar-refractivity contribution in [3.05, 3.63) is 47.7 Å². The Morgan fingerprint density at radius 3 is 2.81 bits per heavy atom. The lowest BCUT2D eigenvalue weighted by Crippen LogP contribution is -2.25. The van der Waals surface area contributed by atoms with E-state index in [0.717, 1.165) is 43.6 Å². The molecule has 37 heavy (non-hydrogen) atoms. The lowest BCUT2D eigenvalue weighted by Gasteiger charge is -2.23. The van der Waals surface area contributed by atoms with Gasteiger partial charge in [0.1, 0.15) is 23.8 Å². The fourth-order valence-corrected chi connectivity index (χ4v) is 4.46. The van der Waals surface area contributed by atoms with Crippen molar-refractivity contribution < 1.29 is 9.26 Å². The summed E-state index contributed by atoms with van der Waals surface area (Å²) < 4.78 is 11.8. The lowest BCUT2D eigenvalue weighted by atomic mass is 10.1. The van der Waals surface area contributed by atoms with Crippen LogP contribution in [0.4, 0.5) is 17.6 Å². The number of nitrogens with zero attached hydrogens (tertiary/aromatic N) is 8. The van der Waals surface area contributed by atoms with Crippen molar-refractivity contribution in [1.29, 1.82) is 5.26 Å². The predicted molar refractivity (Wildman–Crippen MR) is 133 cm³/mol. The number of anilines is 3. The fraction of sp³-hybridized carbons (Fsp3) is 0.400. The summed E-state index contributed by atoms with van der Waals surface area (Å²) in [5.41, 5.74) is 2.64. The molecule has 1 aliphatic carbocycles. The lowest BCUT2D eigenvalue weighted by molar-refractivity contribution is 0.259. The Hall–Kier alpha value is -4.53. The monoisotopic (exact) mass is 498 g/mol. The van der Waals surface area contributed by atoms with Crippen LogP contribution in [-0.2, 0) is 0 Å². The molecular weight excluding hydrogens is 472 g/mol. The predicted octanol–water partition coefficient (Wildman–Crippen LogP) is 4.03. The second kappa shape index (κ2) is 9.16. The molecule has 1 atom stereocenters. The van der Waals surface area contributed by atoms with Crippen LogP contribution in [0, 0.1) is 30.6 Å². The normalized spacial score (nSPS) is 18.0. The molecule has 1 saturated heterocycles. The topological polar surface area (TPSA) is 155 Å². The SMILES string of the molecule is Cc1cc(Nc2cc(OCC3(C#N)CC3)nc(N3CCC[C@H]3c3cc(-c4nccnc4C)no3)n2)n[nH]1. The molecule has 6 rings (SSSR count). The summed E-state index contributed by atoms with van der Waals surface area (Å²) in [5.74, 6) is 2.81. The van der Waals surface area contributed by atoms with Gasteiger partial charge in [-0.15, -0.1) is 0 Å². The van der Waals surface area contributed by atoms with E-state index in [1.807, 2.05) is 26.0 Å². The molecule has 4 aromatic heterocycles. The quantitative estimate of drug-likeness (QED) is 0.362. The third-order valence-electron chi connectivity index (χ3n) is 6.73. The molecular formula is C25H26N10O2. The van der Waals surface area contributed by atoms with E-state index in [1.54, 1.807) is 18.5 Å². The highest BCUT2D eigenvalue weighted by atomic mass is 16.5. The molecule has 5 heterocycles. The van der Waals surface area contributed by atoms with E-state index in [0.29, 0.717) is 47.2 Å². The Bertz CT molecular complexity index is 1470. The third kappa shape index (κ3) is 4.67. The zero-order chi connectivity index (χ0) is 25.4. The molecule has 0 amide bonds. The van der Waals surface area contributed by atoms with Gasteiger partial charge in [0.05, 0.1) is 23.2 Å². The van der Waals surface area contributed by atoms with Crippen LogP contribution in [-0.4, -0.2) is 48.4 Å². The maximum atomic E-state index is 9.46. The first-order valence-electron chi connectivity index (χ1n) is 12.3. The highest BCUT2D eigenvalue weighted by Gasteiger charge is 2.44. The maximum Gasteiger partial charge on any atom is 0.231 e. The van der Waals surface area contributed by atoms with E-state index in [4.69, 9.17) is 19.2 Å². The third-order valence-corrected chi connectivity index (χ3v) is 6.73. The number of nitrogens with one attached hydrogen (secondary N) is 2. The van der Waals surface area contributed by atoms with Crippen LogP contribution in [0.2, 0.25) is 0 Å². The molecule has 0 unspecified atom stereocenters. The van der Waals surface area contributed by atoms with Gasteiger partial charge in [-0.3, -0.25) is 15.1 Å². The number of ether oxygens (including phenoxy) is 1. The first-order chi connectivity index (χ1) is 18.0. The van der Waals surface area contributed by atoms with Crippen molar-refractivity contribution in [3.63, 3.8) is 0 Å². The summed E-state index contributed by atoms with van der Waals surface area (Å²) in [7, 11) is 0. The smallest absolute Gasteiger partial charge is 0.231 e. The Morgan fingerprint density at radius 1 is 1.19 bits per heavy atom. The molecule has 4 aromatic rings. The van der Waals surface area contributed by atoms with Gasteiger partial charge in [0.2, 0.25) is 11.8 Å². The molecule has 12 heteroatoms. The summed E-state index contributed by atoms with van der Waals surface area (Å²) in [5, 5.41) is 24.1. The summed E-state index contributed by atoms with van der Waals surface area (Å²) >= 11 is 0. The number of rotatable bonds is 8. The molecule has 2 aliphatic rings. The highest BCUT2D eigenvalue weighted by Crippen LogP contribution is 2.45. The zero-order valence-corrected chi connectivity index (χ0v) is 20.6. The average molecular weight is 499 g/mol. The van der Waals surface area contributed by atoms with E-state index < -0.39 is 5.41 Å². The van der Waals surface area contributed by atoms with E-state index in [2.05, 4.69) is 41.6 Å². The number of aromatic nitrogens is 7. The average Bonchev–Trinajstić information content (AvgIpc) is 3.25. The first-order valence-corrected chi connectivity index (χ1v) is 12.3. The summed E-state index contributed by atoms with van der Waals surface area (Å²) in [4.78, 5) is 20.3. The van der Waals surface area contributed by atoms with Crippen molar-refractivity contribution in [2.75, 3.05) is 23.4 Å². The molecule has 2 fully saturated rings. The molecule has 0 spiro atoms. The van der Waals surface area contributed by atoms with Gasteiger partial charge in [-0.1, -0.05) is 5.16 Å². The highest BCUT2D eigenvalue weighted by molar-refractivity contribution is 5.58. The Balaban J connectivity index is 1.30. The number of hydrogen-bond donors (Lipinski definition) is 2. The molecule has 1 saturated carbocycles. The van der Waals surface area contributed by atoms with Crippen molar-refractivity contribution in [1.82, 2.24) is 35.3 Å². The van der Waals surface area contributed by atoms with Crippen LogP contribution in [0.15, 0.2) is 35.1 Å². The molecule has 0 bridgehead atoms. The molecule has 188 valence electrons. The number of aromatic amines is 1. The summed E-state index contributed by atoms with van der Waals surface area (Å²) in [6.45, 7) is 4.87. The van der Waals surface area contributed by atoms with Crippen LogP contribution in [0.5, 0.6) is 5.88 Å². The van der Waals surface area contributed by atoms with E-state index in [-0.39, 0.29) is 6.04 Å². The van der Waals surface area contributed by atoms with Crippen molar-refractivity contribution >= 4 is 17.6 Å². The zero-order valence-electron chi connectivity index (χ0n) is 20.6. The number of aryl methyl sites for hydroxylation is 2. The Kier molecular flexibility index (Phi) is 5.67. The number of hydrogen-bond acceptors (Lipinski definition) is 11. The van der Waals surface area contributed by atoms with Gasteiger partial charge in [-0.25, -0.2) is 0 Å². The molecule has 12 nitrogen and oxygen atoms in total. The number of H-pyrrole nitrogens is 1. The van der Waals surface area contributed by atoms with E-state index in [9.17, 15) is 5.26 Å². The minimum atomic E-state index is -0.414. The van der Waals surface area contributed by atoms with Gasteiger partial charge in [0, 0.05) is 42.8 Å². The largest absolute Gasteiger partial charge is 0.476 e. The Labute approximate surface area is 213 Å². The second-order valence-corrected chi connectivity index (χ2v) is 9.59. The van der Waals surface area contributed by atoms with Crippen LogP contribution in [0.3, 0.4) is 0 Å². The van der Waals surface area contributed by atoms with Gasteiger partial charge < -0.3 is 19.5 Å². The van der Waals surface area contributed by atoms with E-state index >= 15 is 0 Å². The fourth-order valence-electron chi connectivity index (χ4n) is 4.46. The van der Waals surface area contributed by atoms with Crippen LogP contribution in [0.1, 0.15) is 48.9 Å². The second-order valence-electron chi connectivity index (χ2n) is 9.59. The van der Waals surface area contributed by atoms with Gasteiger partial charge in [-0.2, -0.15) is 20.3 Å². The number of nitriles is 1. The van der Waals surface area contributed by atoms with Gasteiger partial charge >= 0.3 is 0 Å². The van der Waals surface area contributed by atoms with Crippen molar-refractivity contribution in [2.24, 2.45) is 5.41 Å². The Morgan fingerprint density at radius 2 is 2.05 bits per heavy atom. The minimum Gasteiger partial charge on any atom is -0.476 e. The van der Waals surface area contributed by atoms with Crippen LogP contribution >= 0.6 is 0 Å². The standard InChI is InChI=1S/C25H26N10O2/c1-15-10-21(33-32-15)29-20-12-22(36-14-25(13-26)5-6-25)31-24(30-20)35-9-3-4-18(35)19-11-17(34-37-19)23-16(2)27-7-8-28-23/h7-8,10-12,18H,3-6,9,14H2,1-2H3,(H2,29,30,31,32,33)/t18-/m0/s1. The van der Waals surface area contributed by atoms with E-state index in [1.165, 1.54) is 0 Å². The molecule has 0 aromatic carbocycles. The van der Waals surface area contributed by atoms with Gasteiger partial charge in [0.15, 0.2) is 11.6 Å². The summed E-state index contributed by atoms with van der Waals surface area (Å²) in [6.07, 6.45) is 6.78. The maximum absolute atomic E-state index is 9.46.